The standard InChI is InChI=1S/C13H24N2O4/c1-13(2,3)19-12(17)15-7-5-6-10(8-15)11(16)14-9-18-4/h10H,5-9H2,1-4H3,(H,14,16)/t10-/m1/s1. The van der Waals surface area contributed by atoms with E-state index in [9.17, 15) is 9.59 Å². The highest BCUT2D eigenvalue weighted by molar-refractivity contribution is 5.79. The minimum Gasteiger partial charge on any atom is -0.444 e. The first-order valence-electron chi connectivity index (χ1n) is 6.58. The monoisotopic (exact) mass is 272 g/mol. The van der Waals surface area contributed by atoms with Gasteiger partial charge in [-0.3, -0.25) is 4.79 Å². The summed E-state index contributed by atoms with van der Waals surface area (Å²) in [5.41, 5.74) is -0.512. The number of ether oxygens (including phenoxy) is 2. The Morgan fingerprint density at radius 2 is 2.05 bits per heavy atom. The summed E-state index contributed by atoms with van der Waals surface area (Å²) in [5, 5.41) is 2.67. The van der Waals surface area contributed by atoms with Crippen LogP contribution in [0.3, 0.4) is 0 Å². The van der Waals surface area contributed by atoms with Crippen LogP contribution in [-0.2, 0) is 14.3 Å². The molecule has 2 amide bonds. The molecule has 0 aliphatic carbocycles. The van der Waals surface area contributed by atoms with Crippen LogP contribution in [0.25, 0.3) is 0 Å². The van der Waals surface area contributed by atoms with Crippen molar-refractivity contribution in [3.63, 3.8) is 0 Å². The van der Waals surface area contributed by atoms with E-state index in [2.05, 4.69) is 5.32 Å². The molecule has 6 nitrogen and oxygen atoms in total. The lowest BCUT2D eigenvalue weighted by Crippen LogP contribution is -2.47. The number of piperidine rings is 1. The Morgan fingerprint density at radius 1 is 1.37 bits per heavy atom. The lowest BCUT2D eigenvalue weighted by molar-refractivity contribution is -0.128. The molecule has 0 spiro atoms. The van der Waals surface area contributed by atoms with Crippen LogP contribution in [0.5, 0.6) is 0 Å². The van der Waals surface area contributed by atoms with E-state index in [1.807, 2.05) is 20.8 Å². The third kappa shape index (κ3) is 5.46. The maximum Gasteiger partial charge on any atom is 0.410 e. The maximum atomic E-state index is 11.9. The molecule has 1 rings (SSSR count). The first-order chi connectivity index (χ1) is 8.83. The number of carbonyl (C=O) groups is 2. The van der Waals surface area contributed by atoms with Gasteiger partial charge >= 0.3 is 6.09 Å². The lowest BCUT2D eigenvalue weighted by Gasteiger charge is -2.33. The van der Waals surface area contributed by atoms with E-state index in [0.29, 0.717) is 13.1 Å². The van der Waals surface area contributed by atoms with Crippen molar-refractivity contribution in [2.45, 2.75) is 39.2 Å². The molecule has 0 radical (unpaired) electrons. The van der Waals surface area contributed by atoms with Gasteiger partial charge in [0.1, 0.15) is 12.3 Å². The predicted molar refractivity (Wildman–Crippen MR) is 70.5 cm³/mol. The van der Waals surface area contributed by atoms with Crippen molar-refractivity contribution in [2.24, 2.45) is 5.92 Å². The average Bonchev–Trinajstić information content (AvgIpc) is 2.34. The molecule has 110 valence electrons. The van der Waals surface area contributed by atoms with Gasteiger partial charge in [0.2, 0.25) is 5.91 Å². The van der Waals surface area contributed by atoms with E-state index in [1.54, 1.807) is 4.90 Å². The summed E-state index contributed by atoms with van der Waals surface area (Å²) in [7, 11) is 1.52. The van der Waals surface area contributed by atoms with Crippen molar-refractivity contribution < 1.29 is 19.1 Å². The molecule has 1 N–H and O–H groups in total. The maximum absolute atomic E-state index is 11.9. The van der Waals surface area contributed by atoms with Crippen molar-refractivity contribution in [2.75, 3.05) is 26.9 Å². The number of amides is 2. The molecular formula is C13H24N2O4. The van der Waals surface area contributed by atoms with E-state index in [0.717, 1.165) is 12.8 Å². The molecule has 19 heavy (non-hydrogen) atoms. The molecule has 1 aliphatic heterocycles. The first kappa shape index (κ1) is 15.8. The summed E-state index contributed by atoms with van der Waals surface area (Å²) < 4.78 is 10.1. The zero-order valence-corrected chi connectivity index (χ0v) is 12.2. The van der Waals surface area contributed by atoms with Gasteiger partial charge in [0.15, 0.2) is 0 Å². The van der Waals surface area contributed by atoms with Gasteiger partial charge in [-0.1, -0.05) is 0 Å². The van der Waals surface area contributed by atoms with Crippen LogP contribution in [0, 0.1) is 5.92 Å². The fourth-order valence-electron chi connectivity index (χ4n) is 1.97. The number of hydrogen-bond donors (Lipinski definition) is 1. The highest BCUT2D eigenvalue weighted by Gasteiger charge is 2.30. The fraction of sp³-hybridized carbons (Fsp3) is 0.846. The second-order valence-corrected chi connectivity index (χ2v) is 5.74. The van der Waals surface area contributed by atoms with Crippen molar-refractivity contribution in [1.82, 2.24) is 10.2 Å². The second-order valence-electron chi connectivity index (χ2n) is 5.74. The molecule has 1 heterocycles. The lowest BCUT2D eigenvalue weighted by atomic mass is 9.97. The quantitative estimate of drug-likeness (QED) is 0.788. The first-order valence-corrected chi connectivity index (χ1v) is 6.58. The number of hydrogen-bond acceptors (Lipinski definition) is 4. The molecule has 1 atom stereocenters. The summed E-state index contributed by atoms with van der Waals surface area (Å²) in [5.74, 6) is -0.258. The molecule has 0 aromatic carbocycles. The fourth-order valence-corrected chi connectivity index (χ4v) is 1.97. The molecular weight excluding hydrogens is 248 g/mol. The molecule has 0 saturated carbocycles. The van der Waals surface area contributed by atoms with Crippen LogP contribution < -0.4 is 5.32 Å². The van der Waals surface area contributed by atoms with Crippen LogP contribution in [0.1, 0.15) is 33.6 Å². The molecule has 1 aliphatic rings. The van der Waals surface area contributed by atoms with E-state index >= 15 is 0 Å². The number of rotatable bonds is 3. The molecule has 0 unspecified atom stereocenters. The van der Waals surface area contributed by atoms with E-state index in [1.165, 1.54) is 7.11 Å². The van der Waals surface area contributed by atoms with Crippen LogP contribution in [0.15, 0.2) is 0 Å². The van der Waals surface area contributed by atoms with Crippen molar-refractivity contribution >= 4 is 12.0 Å². The van der Waals surface area contributed by atoms with Crippen molar-refractivity contribution in [3.8, 4) is 0 Å². The summed E-state index contributed by atoms with van der Waals surface area (Å²) >= 11 is 0. The molecule has 0 aromatic rings. The Labute approximate surface area is 114 Å². The largest absolute Gasteiger partial charge is 0.444 e. The third-order valence-corrected chi connectivity index (χ3v) is 2.83. The van der Waals surface area contributed by atoms with E-state index < -0.39 is 5.60 Å². The van der Waals surface area contributed by atoms with Crippen molar-refractivity contribution in [1.29, 1.82) is 0 Å². The summed E-state index contributed by atoms with van der Waals surface area (Å²) in [6, 6.07) is 0. The second kappa shape index (κ2) is 6.75. The van der Waals surface area contributed by atoms with Gasteiger partial charge in [0.25, 0.3) is 0 Å². The molecule has 0 bridgehead atoms. The van der Waals surface area contributed by atoms with E-state index in [-0.39, 0.29) is 24.6 Å². The van der Waals surface area contributed by atoms with Crippen LogP contribution in [-0.4, -0.2) is 49.4 Å². The number of nitrogens with zero attached hydrogens (tertiary/aromatic N) is 1. The Bertz CT molecular complexity index is 325. The smallest absolute Gasteiger partial charge is 0.410 e. The minimum atomic E-state index is -0.512. The highest BCUT2D eigenvalue weighted by Crippen LogP contribution is 2.19. The third-order valence-electron chi connectivity index (χ3n) is 2.83. The van der Waals surface area contributed by atoms with Gasteiger partial charge in [-0.15, -0.1) is 0 Å². The molecule has 0 aromatic heterocycles. The number of nitrogens with one attached hydrogen (secondary N) is 1. The summed E-state index contributed by atoms with van der Waals surface area (Å²) in [6.45, 7) is 6.74. The number of carbonyl (C=O) groups excluding carboxylic acids is 2. The number of methoxy groups -OCH3 is 1. The Balaban J connectivity index is 2.50. The summed E-state index contributed by atoms with van der Waals surface area (Å²) in [6.07, 6.45) is 1.25. The van der Waals surface area contributed by atoms with Crippen LogP contribution >= 0.6 is 0 Å². The van der Waals surface area contributed by atoms with Gasteiger partial charge in [0, 0.05) is 20.2 Å². The van der Waals surface area contributed by atoms with Gasteiger partial charge < -0.3 is 19.7 Å². The Morgan fingerprint density at radius 3 is 2.63 bits per heavy atom. The normalized spacial score (nSPS) is 20.0. The molecule has 1 fully saturated rings. The van der Waals surface area contributed by atoms with Gasteiger partial charge in [0.05, 0.1) is 5.92 Å². The van der Waals surface area contributed by atoms with Gasteiger partial charge in [-0.25, -0.2) is 4.79 Å². The topological polar surface area (TPSA) is 67.9 Å². The minimum absolute atomic E-state index is 0.0740. The molecule has 1 saturated heterocycles. The Hall–Kier alpha value is -1.30. The zero-order chi connectivity index (χ0) is 14.5. The molecule has 6 heteroatoms. The van der Waals surface area contributed by atoms with E-state index in [4.69, 9.17) is 9.47 Å². The predicted octanol–water partition coefficient (Wildman–Crippen LogP) is 1.35. The van der Waals surface area contributed by atoms with Crippen LogP contribution in [0.2, 0.25) is 0 Å². The van der Waals surface area contributed by atoms with Crippen LogP contribution in [0.4, 0.5) is 4.79 Å². The number of likely N-dealkylation sites (tertiary alicyclic amines) is 1. The highest BCUT2D eigenvalue weighted by atomic mass is 16.6. The van der Waals surface area contributed by atoms with Gasteiger partial charge in [-0.05, 0) is 33.6 Å². The Kier molecular flexibility index (Phi) is 5.60. The van der Waals surface area contributed by atoms with Gasteiger partial charge in [-0.2, -0.15) is 0 Å². The van der Waals surface area contributed by atoms with Crippen molar-refractivity contribution in [3.05, 3.63) is 0 Å². The SMILES string of the molecule is COCNC(=O)[C@@H]1CCCN(C(=O)OC(C)(C)C)C1. The summed E-state index contributed by atoms with van der Waals surface area (Å²) in [4.78, 5) is 25.4. The average molecular weight is 272 g/mol. The zero-order valence-electron chi connectivity index (χ0n) is 12.2.